The zero-order valence-electron chi connectivity index (χ0n) is 11.1. The lowest BCUT2D eigenvalue weighted by molar-refractivity contribution is 0.475. The van der Waals surface area contributed by atoms with E-state index in [4.69, 9.17) is 5.73 Å². The van der Waals surface area contributed by atoms with Crippen molar-refractivity contribution in [1.29, 1.82) is 5.26 Å². The third-order valence-electron chi connectivity index (χ3n) is 3.77. The van der Waals surface area contributed by atoms with Gasteiger partial charge in [-0.1, -0.05) is 12.1 Å². The average molecular weight is 265 g/mol. The van der Waals surface area contributed by atoms with Crippen LogP contribution >= 0.6 is 0 Å². The number of benzene rings is 1. The van der Waals surface area contributed by atoms with Gasteiger partial charge in [0.15, 0.2) is 0 Å². The highest BCUT2D eigenvalue weighted by Gasteiger charge is 2.21. The summed E-state index contributed by atoms with van der Waals surface area (Å²) in [5.41, 5.74) is 10.3. The summed E-state index contributed by atoms with van der Waals surface area (Å²) < 4.78 is 0. The predicted molar refractivity (Wildman–Crippen MR) is 77.1 cm³/mol. The molecule has 2 aromatic rings. The molecule has 0 radical (unpaired) electrons. The van der Waals surface area contributed by atoms with Crippen molar-refractivity contribution in [2.24, 2.45) is 0 Å². The Hall–Kier alpha value is -2.54. The largest absolute Gasteiger partial charge is 0.508 e. The number of nitrogen functional groups attached to an aromatic ring is 1. The zero-order valence-corrected chi connectivity index (χ0v) is 11.1. The van der Waals surface area contributed by atoms with Gasteiger partial charge in [-0.15, -0.1) is 0 Å². The van der Waals surface area contributed by atoms with Gasteiger partial charge in [-0.2, -0.15) is 5.26 Å². The van der Waals surface area contributed by atoms with E-state index in [-0.39, 0.29) is 5.75 Å². The second kappa shape index (κ2) is 4.86. The molecule has 1 aromatic carbocycles. The number of anilines is 1. The molecule has 0 atom stereocenters. The first-order valence-corrected chi connectivity index (χ1v) is 6.71. The van der Waals surface area contributed by atoms with E-state index < -0.39 is 0 Å². The van der Waals surface area contributed by atoms with Crippen molar-refractivity contribution in [3.8, 4) is 22.9 Å². The van der Waals surface area contributed by atoms with E-state index in [0.29, 0.717) is 11.4 Å². The highest BCUT2D eigenvalue weighted by Crippen LogP contribution is 2.36. The Bertz CT molecular complexity index is 699. The van der Waals surface area contributed by atoms with Gasteiger partial charge in [0.1, 0.15) is 23.2 Å². The number of nitrogens with zero attached hydrogens (tertiary/aromatic N) is 2. The Balaban J connectivity index is 2.29. The van der Waals surface area contributed by atoms with E-state index in [1.165, 1.54) is 0 Å². The van der Waals surface area contributed by atoms with Crippen LogP contribution in [0.3, 0.4) is 0 Å². The number of phenols is 1. The summed E-state index contributed by atoms with van der Waals surface area (Å²) in [4.78, 5) is 4.39. The SMILES string of the molecule is N#Cc1c(N)nc2c(c1-c1ccc(O)cc1)CCCC2. The van der Waals surface area contributed by atoms with Crippen molar-refractivity contribution in [1.82, 2.24) is 4.98 Å². The first-order chi connectivity index (χ1) is 9.70. The van der Waals surface area contributed by atoms with Crippen molar-refractivity contribution in [3.63, 3.8) is 0 Å². The first kappa shape index (κ1) is 12.5. The third kappa shape index (κ3) is 1.97. The van der Waals surface area contributed by atoms with Crippen LogP contribution in [-0.4, -0.2) is 10.1 Å². The molecule has 0 unspecified atom stereocenters. The molecule has 1 aliphatic carbocycles. The fourth-order valence-electron chi connectivity index (χ4n) is 2.82. The lowest BCUT2D eigenvalue weighted by Crippen LogP contribution is -2.11. The monoisotopic (exact) mass is 265 g/mol. The maximum Gasteiger partial charge on any atom is 0.142 e. The summed E-state index contributed by atoms with van der Waals surface area (Å²) in [6.45, 7) is 0. The van der Waals surface area contributed by atoms with Crippen LogP contribution in [0.15, 0.2) is 24.3 Å². The van der Waals surface area contributed by atoms with E-state index in [9.17, 15) is 10.4 Å². The number of aromatic hydroxyl groups is 1. The van der Waals surface area contributed by atoms with E-state index >= 15 is 0 Å². The normalized spacial score (nSPS) is 13.6. The van der Waals surface area contributed by atoms with Crippen LogP contribution in [0.4, 0.5) is 5.82 Å². The first-order valence-electron chi connectivity index (χ1n) is 6.71. The van der Waals surface area contributed by atoms with Crippen molar-refractivity contribution >= 4 is 5.82 Å². The van der Waals surface area contributed by atoms with E-state index in [1.54, 1.807) is 12.1 Å². The summed E-state index contributed by atoms with van der Waals surface area (Å²) in [5, 5.41) is 18.8. The molecule has 0 aliphatic heterocycles. The van der Waals surface area contributed by atoms with Crippen molar-refractivity contribution in [2.75, 3.05) is 5.73 Å². The van der Waals surface area contributed by atoms with Gasteiger partial charge in [0.05, 0.1) is 0 Å². The highest BCUT2D eigenvalue weighted by molar-refractivity contribution is 5.79. The summed E-state index contributed by atoms with van der Waals surface area (Å²) in [6.07, 6.45) is 4.05. The van der Waals surface area contributed by atoms with Gasteiger partial charge in [0.2, 0.25) is 0 Å². The highest BCUT2D eigenvalue weighted by atomic mass is 16.3. The molecule has 4 nitrogen and oxygen atoms in total. The van der Waals surface area contributed by atoms with Crippen molar-refractivity contribution < 1.29 is 5.11 Å². The summed E-state index contributed by atoms with van der Waals surface area (Å²) in [6, 6.07) is 9.07. The van der Waals surface area contributed by atoms with E-state index in [0.717, 1.165) is 48.1 Å². The van der Waals surface area contributed by atoms with Crippen molar-refractivity contribution in [3.05, 3.63) is 41.1 Å². The van der Waals surface area contributed by atoms with Gasteiger partial charge in [-0.25, -0.2) is 4.98 Å². The molecule has 1 heterocycles. The maximum atomic E-state index is 9.42. The zero-order chi connectivity index (χ0) is 14.1. The second-order valence-electron chi connectivity index (χ2n) is 5.04. The number of hydrogen-bond acceptors (Lipinski definition) is 4. The minimum absolute atomic E-state index is 0.211. The second-order valence-corrected chi connectivity index (χ2v) is 5.04. The molecule has 20 heavy (non-hydrogen) atoms. The Morgan fingerprint density at radius 1 is 1.15 bits per heavy atom. The summed E-state index contributed by atoms with van der Waals surface area (Å²) >= 11 is 0. The number of phenolic OH excluding ortho intramolecular Hbond substituents is 1. The molecular formula is C16H15N3O. The summed E-state index contributed by atoms with van der Waals surface area (Å²) in [5.74, 6) is 0.513. The molecule has 4 heteroatoms. The smallest absolute Gasteiger partial charge is 0.142 e. The van der Waals surface area contributed by atoms with Gasteiger partial charge in [-0.05, 0) is 48.9 Å². The fourth-order valence-corrected chi connectivity index (χ4v) is 2.82. The van der Waals surface area contributed by atoms with Crippen LogP contribution in [0.2, 0.25) is 0 Å². The minimum Gasteiger partial charge on any atom is -0.508 e. The van der Waals surface area contributed by atoms with Crippen LogP contribution in [0.25, 0.3) is 11.1 Å². The Morgan fingerprint density at radius 2 is 1.85 bits per heavy atom. The quantitative estimate of drug-likeness (QED) is 0.830. The molecule has 0 spiro atoms. The fraction of sp³-hybridized carbons (Fsp3) is 0.250. The van der Waals surface area contributed by atoms with E-state index in [1.807, 2.05) is 12.1 Å². The van der Waals surface area contributed by atoms with Gasteiger partial charge in [-0.3, -0.25) is 0 Å². The van der Waals surface area contributed by atoms with Crippen LogP contribution in [0.1, 0.15) is 29.7 Å². The molecule has 100 valence electrons. The lowest BCUT2D eigenvalue weighted by atomic mass is 9.86. The Morgan fingerprint density at radius 3 is 2.55 bits per heavy atom. The molecule has 0 saturated carbocycles. The van der Waals surface area contributed by atoms with Gasteiger partial charge >= 0.3 is 0 Å². The maximum absolute atomic E-state index is 9.42. The molecular weight excluding hydrogens is 250 g/mol. The molecule has 0 amide bonds. The third-order valence-corrected chi connectivity index (χ3v) is 3.77. The van der Waals surface area contributed by atoms with Gasteiger partial charge in [0, 0.05) is 11.3 Å². The minimum atomic E-state index is 0.211. The number of pyridine rings is 1. The Kier molecular flexibility index (Phi) is 3.03. The van der Waals surface area contributed by atoms with Crippen LogP contribution in [-0.2, 0) is 12.8 Å². The number of aryl methyl sites for hydroxylation is 1. The van der Waals surface area contributed by atoms with Crippen LogP contribution in [0.5, 0.6) is 5.75 Å². The standard InChI is InChI=1S/C16H15N3O/c17-9-13-15(10-5-7-11(20)8-6-10)12-3-1-2-4-14(12)19-16(13)18/h5-8,20H,1-4H2,(H2,18,19). The van der Waals surface area contributed by atoms with Gasteiger partial charge < -0.3 is 10.8 Å². The molecule has 1 aliphatic rings. The molecule has 3 N–H and O–H groups in total. The predicted octanol–water partition coefficient (Wildman–Crippen LogP) is 2.79. The summed E-state index contributed by atoms with van der Waals surface area (Å²) in [7, 11) is 0. The molecule has 1 aromatic heterocycles. The number of hydrogen-bond donors (Lipinski definition) is 2. The Labute approximate surface area is 117 Å². The van der Waals surface area contributed by atoms with Crippen LogP contribution in [0, 0.1) is 11.3 Å². The number of nitriles is 1. The molecule has 0 bridgehead atoms. The number of fused-ring (bicyclic) bond motifs is 1. The average Bonchev–Trinajstić information content (AvgIpc) is 2.47. The van der Waals surface area contributed by atoms with Gasteiger partial charge in [0.25, 0.3) is 0 Å². The topological polar surface area (TPSA) is 82.9 Å². The number of nitrogens with two attached hydrogens (primary N) is 1. The lowest BCUT2D eigenvalue weighted by Gasteiger charge is -2.21. The molecule has 0 fully saturated rings. The molecule has 3 rings (SSSR count). The van der Waals surface area contributed by atoms with E-state index in [2.05, 4.69) is 11.1 Å². The molecule has 0 saturated heterocycles. The van der Waals surface area contributed by atoms with Crippen molar-refractivity contribution in [2.45, 2.75) is 25.7 Å². The number of aromatic nitrogens is 1. The number of rotatable bonds is 1. The van der Waals surface area contributed by atoms with Crippen LogP contribution < -0.4 is 5.73 Å².